The number of nitrogens with two attached hydrogens (primary N) is 2. The molecule has 2 fully saturated rings. The van der Waals surface area contributed by atoms with Gasteiger partial charge in [0.2, 0.25) is 0 Å². The van der Waals surface area contributed by atoms with E-state index in [1.54, 1.807) is 4.90 Å². The molecule has 6 N–H and O–H groups in total. The van der Waals surface area contributed by atoms with Crippen LogP contribution >= 0.6 is 0 Å². The fourth-order valence-corrected chi connectivity index (χ4v) is 6.79. The van der Waals surface area contributed by atoms with Crippen LogP contribution in [0.3, 0.4) is 0 Å². The third kappa shape index (κ3) is 5.49. The summed E-state index contributed by atoms with van der Waals surface area (Å²) < 4.78 is 0. The fraction of sp³-hybridized carbons (Fsp3) is 0.175. The molecule has 0 spiro atoms. The predicted octanol–water partition coefficient (Wildman–Crippen LogP) is 7.93. The molecule has 0 atom stereocenters. The van der Waals surface area contributed by atoms with Crippen molar-refractivity contribution in [2.24, 2.45) is 0 Å². The van der Waals surface area contributed by atoms with Gasteiger partial charge in [-0.1, -0.05) is 72.8 Å². The highest BCUT2D eigenvalue weighted by molar-refractivity contribution is 6.20. The zero-order valence-electron chi connectivity index (χ0n) is 26.2. The molecule has 7 nitrogen and oxygen atoms in total. The van der Waals surface area contributed by atoms with E-state index in [4.69, 9.17) is 11.5 Å². The Morgan fingerprint density at radius 3 is 1.81 bits per heavy atom. The van der Waals surface area contributed by atoms with Gasteiger partial charge in [0.25, 0.3) is 5.91 Å². The van der Waals surface area contributed by atoms with Crippen molar-refractivity contribution in [2.75, 3.05) is 47.4 Å². The number of aromatic amines is 1. The Labute approximate surface area is 274 Å². The molecule has 2 aliphatic rings. The van der Waals surface area contributed by atoms with Gasteiger partial charge in [-0.05, 0) is 83.5 Å². The number of fused-ring (bicyclic) bond motifs is 1. The Hall–Kier alpha value is -5.53. The Bertz CT molecular complexity index is 1990. The Kier molecular flexibility index (Phi) is 7.38. The molecule has 0 bridgehead atoms. The molecule has 1 saturated carbocycles. The second-order valence-electron chi connectivity index (χ2n) is 12.6. The van der Waals surface area contributed by atoms with Crippen molar-refractivity contribution in [2.45, 2.75) is 18.8 Å². The van der Waals surface area contributed by atoms with Gasteiger partial charge in [-0.3, -0.25) is 9.69 Å². The van der Waals surface area contributed by atoms with Gasteiger partial charge in [-0.15, -0.1) is 0 Å². The SMILES string of the molecule is Nc1ccc(-c2ccccc2)cc1N(C(=O)c1c(C2CC2)[nH]c2cc(N3CCNCC3)ccc12)c1cc(-c2ccccc2)ccc1N. The van der Waals surface area contributed by atoms with Crippen LogP contribution in [0.5, 0.6) is 0 Å². The number of nitrogen functional groups attached to an aromatic ring is 2. The number of carbonyl (C=O) groups is 1. The van der Waals surface area contributed by atoms with Crippen molar-refractivity contribution in [3.8, 4) is 22.3 Å². The molecule has 1 saturated heterocycles. The first-order valence-electron chi connectivity index (χ1n) is 16.4. The maximum atomic E-state index is 15.3. The maximum absolute atomic E-state index is 15.3. The molecule has 0 unspecified atom stereocenters. The number of benzene rings is 5. The lowest BCUT2D eigenvalue weighted by Crippen LogP contribution is -2.43. The molecule has 8 rings (SSSR count). The number of amides is 1. The minimum Gasteiger partial charge on any atom is -0.397 e. The number of hydrogen-bond acceptors (Lipinski definition) is 5. The number of aromatic nitrogens is 1. The molecule has 7 heteroatoms. The lowest BCUT2D eigenvalue weighted by Gasteiger charge is -2.29. The monoisotopic (exact) mass is 618 g/mol. The number of anilines is 5. The first kappa shape index (κ1) is 28.9. The van der Waals surface area contributed by atoms with Crippen molar-refractivity contribution in [1.29, 1.82) is 0 Å². The third-order valence-corrected chi connectivity index (χ3v) is 9.45. The average Bonchev–Trinajstić information content (AvgIpc) is 3.90. The lowest BCUT2D eigenvalue weighted by molar-refractivity contribution is 0.1000. The largest absolute Gasteiger partial charge is 0.397 e. The molecule has 5 aromatic carbocycles. The van der Waals surface area contributed by atoms with Gasteiger partial charge in [0.05, 0.1) is 28.3 Å². The lowest BCUT2D eigenvalue weighted by atomic mass is 10.00. The standard InChI is InChI=1S/C40H38N6O/c41-33-17-13-29(26-7-3-1-4-8-26)23-36(33)46(37-24-30(14-18-34(37)42)27-9-5-2-6-10-27)40(47)38-32-16-15-31(45-21-19-43-20-22-45)25-35(32)44-39(38)28-11-12-28/h1-10,13-18,23-25,28,43-44H,11-12,19-22,41-42H2. The van der Waals surface area contributed by atoms with Crippen LogP contribution < -0.4 is 26.6 Å². The minimum atomic E-state index is -0.151. The summed E-state index contributed by atoms with van der Waals surface area (Å²) in [6.45, 7) is 3.83. The number of piperazine rings is 1. The van der Waals surface area contributed by atoms with E-state index in [0.29, 0.717) is 34.2 Å². The van der Waals surface area contributed by atoms with Crippen molar-refractivity contribution in [3.63, 3.8) is 0 Å². The second-order valence-corrected chi connectivity index (χ2v) is 12.6. The number of nitrogens with one attached hydrogen (secondary N) is 2. The van der Waals surface area contributed by atoms with Gasteiger partial charge in [0, 0.05) is 48.5 Å². The van der Waals surface area contributed by atoms with E-state index in [-0.39, 0.29) is 5.91 Å². The summed E-state index contributed by atoms with van der Waals surface area (Å²) in [5.41, 5.74) is 23.6. The smallest absolute Gasteiger partial charge is 0.265 e. The number of rotatable bonds is 7. The van der Waals surface area contributed by atoms with Crippen LogP contribution in [0.4, 0.5) is 28.4 Å². The van der Waals surface area contributed by atoms with Gasteiger partial charge < -0.3 is 26.7 Å². The maximum Gasteiger partial charge on any atom is 0.265 e. The van der Waals surface area contributed by atoms with Crippen LogP contribution in [-0.2, 0) is 0 Å². The zero-order chi connectivity index (χ0) is 31.9. The average molecular weight is 619 g/mol. The quantitative estimate of drug-likeness (QED) is 0.136. The van der Waals surface area contributed by atoms with Crippen LogP contribution in [0.15, 0.2) is 115 Å². The molecular weight excluding hydrogens is 580 g/mol. The number of H-pyrrole nitrogens is 1. The first-order chi connectivity index (χ1) is 23.0. The van der Waals surface area contributed by atoms with E-state index < -0.39 is 0 Å². The molecule has 1 aliphatic heterocycles. The molecule has 0 radical (unpaired) electrons. The minimum absolute atomic E-state index is 0.151. The molecule has 47 heavy (non-hydrogen) atoms. The third-order valence-electron chi connectivity index (χ3n) is 9.45. The van der Waals surface area contributed by atoms with Crippen molar-refractivity contribution in [3.05, 3.63) is 127 Å². The summed E-state index contributed by atoms with van der Waals surface area (Å²) >= 11 is 0. The van der Waals surface area contributed by atoms with Crippen molar-refractivity contribution >= 4 is 45.2 Å². The van der Waals surface area contributed by atoms with Crippen molar-refractivity contribution in [1.82, 2.24) is 10.3 Å². The molecule has 234 valence electrons. The van der Waals surface area contributed by atoms with Crippen LogP contribution in [0.25, 0.3) is 33.2 Å². The highest BCUT2D eigenvalue weighted by atomic mass is 16.2. The number of nitrogens with zero attached hydrogens (tertiary/aromatic N) is 2. The summed E-state index contributed by atoms with van der Waals surface area (Å²) in [7, 11) is 0. The molecule has 1 amide bonds. The van der Waals surface area contributed by atoms with Gasteiger partial charge in [-0.25, -0.2) is 0 Å². The Morgan fingerprint density at radius 1 is 0.681 bits per heavy atom. The highest BCUT2D eigenvalue weighted by Gasteiger charge is 2.35. The van der Waals surface area contributed by atoms with E-state index in [1.165, 1.54) is 0 Å². The molecule has 1 aromatic heterocycles. The van der Waals surface area contributed by atoms with Gasteiger partial charge >= 0.3 is 0 Å². The molecule has 1 aliphatic carbocycles. The summed E-state index contributed by atoms with van der Waals surface area (Å²) in [4.78, 5) is 23.2. The predicted molar refractivity (Wildman–Crippen MR) is 194 cm³/mol. The summed E-state index contributed by atoms with van der Waals surface area (Å²) in [6.07, 6.45) is 2.10. The number of carbonyl (C=O) groups excluding carboxylic acids is 1. The van der Waals surface area contributed by atoms with E-state index in [9.17, 15) is 0 Å². The van der Waals surface area contributed by atoms with E-state index in [0.717, 1.165) is 83.6 Å². The zero-order valence-corrected chi connectivity index (χ0v) is 26.2. The highest BCUT2D eigenvalue weighted by Crippen LogP contribution is 2.46. The van der Waals surface area contributed by atoms with Crippen molar-refractivity contribution < 1.29 is 4.79 Å². The van der Waals surface area contributed by atoms with Crippen LogP contribution in [0.2, 0.25) is 0 Å². The summed E-state index contributed by atoms with van der Waals surface area (Å²) in [5, 5.41) is 4.35. The van der Waals surface area contributed by atoms with Crippen LogP contribution in [0.1, 0.15) is 34.8 Å². The topological polar surface area (TPSA) is 103 Å². The van der Waals surface area contributed by atoms with Gasteiger partial charge in [0.15, 0.2) is 0 Å². The van der Waals surface area contributed by atoms with Crippen LogP contribution in [-0.4, -0.2) is 37.1 Å². The fourth-order valence-electron chi connectivity index (χ4n) is 6.79. The molecule has 6 aromatic rings. The van der Waals surface area contributed by atoms with E-state index in [2.05, 4.69) is 57.7 Å². The van der Waals surface area contributed by atoms with Crippen LogP contribution in [0, 0.1) is 0 Å². The van der Waals surface area contributed by atoms with E-state index in [1.807, 2.05) is 72.8 Å². The second kappa shape index (κ2) is 12.0. The normalized spacial score (nSPS) is 14.8. The Balaban J connectivity index is 1.32. The molecular formula is C40H38N6O. The number of hydrogen-bond donors (Lipinski definition) is 4. The van der Waals surface area contributed by atoms with E-state index >= 15 is 4.79 Å². The summed E-state index contributed by atoms with van der Waals surface area (Å²) in [6, 6.07) is 38.5. The molecule has 2 heterocycles. The first-order valence-corrected chi connectivity index (χ1v) is 16.4. The van der Waals surface area contributed by atoms with Gasteiger partial charge in [-0.2, -0.15) is 0 Å². The van der Waals surface area contributed by atoms with Gasteiger partial charge in [0.1, 0.15) is 0 Å². The summed E-state index contributed by atoms with van der Waals surface area (Å²) in [5.74, 6) is 0.161. The Morgan fingerprint density at radius 2 is 1.26 bits per heavy atom.